The second-order valence-electron chi connectivity index (χ2n) is 4.12. The highest BCUT2D eigenvalue weighted by Crippen LogP contribution is 2.22. The van der Waals surface area contributed by atoms with Crippen molar-refractivity contribution in [1.82, 2.24) is 9.78 Å². The predicted molar refractivity (Wildman–Crippen MR) is 66.3 cm³/mol. The summed E-state index contributed by atoms with van der Waals surface area (Å²) in [7, 11) is 0. The molecule has 0 spiro atoms. The summed E-state index contributed by atoms with van der Waals surface area (Å²) >= 11 is 0. The Hall–Kier alpha value is -1.91. The first-order valence-electron chi connectivity index (χ1n) is 5.84. The van der Waals surface area contributed by atoms with Crippen LogP contribution in [0.4, 0.5) is 14.5 Å². The average molecular weight is 251 g/mol. The number of nitrogens with one attached hydrogen (secondary N) is 1. The van der Waals surface area contributed by atoms with Crippen molar-refractivity contribution in [2.24, 2.45) is 0 Å². The van der Waals surface area contributed by atoms with E-state index < -0.39 is 11.6 Å². The van der Waals surface area contributed by atoms with E-state index in [4.69, 9.17) is 0 Å². The molecular weight excluding hydrogens is 236 g/mol. The van der Waals surface area contributed by atoms with Crippen LogP contribution in [0.15, 0.2) is 30.6 Å². The number of benzene rings is 1. The standard InChI is InChI=1S/C13H15F2N3/c1-3-18-8-10(7-16-18)9(2)17-13-6-11(14)4-5-12(13)15/h4-9,17H,3H2,1-2H3. The maximum Gasteiger partial charge on any atom is 0.146 e. The maximum atomic E-state index is 13.5. The van der Waals surface area contributed by atoms with Crippen LogP contribution in [-0.2, 0) is 6.54 Å². The zero-order chi connectivity index (χ0) is 13.1. The van der Waals surface area contributed by atoms with Crippen LogP contribution in [0.2, 0.25) is 0 Å². The molecule has 0 fully saturated rings. The molecule has 18 heavy (non-hydrogen) atoms. The van der Waals surface area contributed by atoms with Gasteiger partial charge in [0, 0.05) is 18.3 Å². The molecule has 1 heterocycles. The van der Waals surface area contributed by atoms with E-state index in [1.807, 2.05) is 20.0 Å². The summed E-state index contributed by atoms with van der Waals surface area (Å²) in [5, 5.41) is 7.08. The van der Waals surface area contributed by atoms with E-state index in [1.54, 1.807) is 10.9 Å². The molecule has 5 heteroatoms. The minimum Gasteiger partial charge on any atom is -0.376 e. The third kappa shape index (κ3) is 2.67. The van der Waals surface area contributed by atoms with Gasteiger partial charge in [-0.05, 0) is 32.0 Å². The monoisotopic (exact) mass is 251 g/mol. The molecule has 2 aromatic rings. The number of halogens is 2. The zero-order valence-corrected chi connectivity index (χ0v) is 10.3. The van der Waals surface area contributed by atoms with Gasteiger partial charge in [-0.1, -0.05) is 0 Å². The van der Waals surface area contributed by atoms with Gasteiger partial charge in [0.2, 0.25) is 0 Å². The van der Waals surface area contributed by atoms with Crippen LogP contribution < -0.4 is 5.32 Å². The Bertz CT molecular complexity index is 537. The van der Waals surface area contributed by atoms with Crippen molar-refractivity contribution in [2.45, 2.75) is 26.4 Å². The normalized spacial score (nSPS) is 12.4. The van der Waals surface area contributed by atoms with Crippen LogP contribution >= 0.6 is 0 Å². The second-order valence-corrected chi connectivity index (χ2v) is 4.12. The van der Waals surface area contributed by atoms with Gasteiger partial charge in [0.1, 0.15) is 11.6 Å². The molecule has 1 N–H and O–H groups in total. The van der Waals surface area contributed by atoms with Crippen molar-refractivity contribution in [1.29, 1.82) is 0 Å². The van der Waals surface area contributed by atoms with Crippen LogP contribution in [0.1, 0.15) is 25.5 Å². The first-order valence-corrected chi connectivity index (χ1v) is 5.84. The topological polar surface area (TPSA) is 29.9 Å². The molecule has 1 unspecified atom stereocenters. The summed E-state index contributed by atoms with van der Waals surface area (Å²) < 4.78 is 28.3. The number of rotatable bonds is 4. The van der Waals surface area contributed by atoms with Crippen LogP contribution in [0, 0.1) is 11.6 Å². The maximum absolute atomic E-state index is 13.5. The number of hydrogen-bond donors (Lipinski definition) is 1. The van der Waals surface area contributed by atoms with Gasteiger partial charge in [0.15, 0.2) is 0 Å². The van der Waals surface area contributed by atoms with Gasteiger partial charge in [-0.15, -0.1) is 0 Å². The Morgan fingerprint density at radius 2 is 2.17 bits per heavy atom. The van der Waals surface area contributed by atoms with Crippen molar-refractivity contribution in [2.75, 3.05) is 5.32 Å². The third-order valence-electron chi connectivity index (χ3n) is 2.78. The molecule has 0 aliphatic heterocycles. The Morgan fingerprint density at radius 1 is 1.39 bits per heavy atom. The molecule has 0 saturated heterocycles. The van der Waals surface area contributed by atoms with E-state index in [-0.39, 0.29) is 11.7 Å². The minimum absolute atomic E-state index is 0.137. The lowest BCUT2D eigenvalue weighted by atomic mass is 10.2. The molecule has 0 saturated carbocycles. The largest absolute Gasteiger partial charge is 0.376 e. The zero-order valence-electron chi connectivity index (χ0n) is 10.3. The molecule has 1 atom stereocenters. The fourth-order valence-electron chi connectivity index (χ4n) is 1.70. The first kappa shape index (κ1) is 12.5. The van der Waals surface area contributed by atoms with Crippen LogP contribution in [0.25, 0.3) is 0 Å². The van der Waals surface area contributed by atoms with Gasteiger partial charge < -0.3 is 5.32 Å². The number of anilines is 1. The summed E-state index contributed by atoms with van der Waals surface area (Å²) in [5.74, 6) is -0.929. The molecule has 0 radical (unpaired) electrons. The highest BCUT2D eigenvalue weighted by Gasteiger charge is 2.11. The van der Waals surface area contributed by atoms with Gasteiger partial charge in [-0.3, -0.25) is 4.68 Å². The Labute approximate surface area is 104 Å². The van der Waals surface area contributed by atoms with Gasteiger partial charge >= 0.3 is 0 Å². The van der Waals surface area contributed by atoms with E-state index >= 15 is 0 Å². The minimum atomic E-state index is -0.467. The number of nitrogens with zero attached hydrogens (tertiary/aromatic N) is 2. The van der Waals surface area contributed by atoms with Crippen molar-refractivity contribution in [3.05, 3.63) is 47.8 Å². The van der Waals surface area contributed by atoms with Gasteiger partial charge in [-0.25, -0.2) is 8.78 Å². The quantitative estimate of drug-likeness (QED) is 0.903. The lowest BCUT2D eigenvalue weighted by molar-refractivity contribution is 0.600. The second kappa shape index (κ2) is 5.16. The van der Waals surface area contributed by atoms with Crippen LogP contribution in [0.3, 0.4) is 0 Å². The van der Waals surface area contributed by atoms with Crippen LogP contribution in [-0.4, -0.2) is 9.78 Å². The Balaban J connectivity index is 2.15. The number of hydrogen-bond acceptors (Lipinski definition) is 2. The highest BCUT2D eigenvalue weighted by atomic mass is 19.1. The molecule has 0 aliphatic carbocycles. The Kier molecular flexibility index (Phi) is 3.60. The third-order valence-corrected chi connectivity index (χ3v) is 2.78. The van der Waals surface area contributed by atoms with Crippen molar-refractivity contribution >= 4 is 5.69 Å². The van der Waals surface area contributed by atoms with Crippen molar-refractivity contribution < 1.29 is 8.78 Å². The fraction of sp³-hybridized carbons (Fsp3) is 0.308. The van der Waals surface area contributed by atoms with Gasteiger partial charge in [0.25, 0.3) is 0 Å². The summed E-state index contributed by atoms with van der Waals surface area (Å²) in [6, 6.07) is 3.22. The van der Waals surface area contributed by atoms with E-state index in [9.17, 15) is 8.78 Å². The number of aryl methyl sites for hydroxylation is 1. The molecular formula is C13H15F2N3. The molecule has 0 amide bonds. The first-order chi connectivity index (χ1) is 8.60. The van der Waals surface area contributed by atoms with Gasteiger partial charge in [-0.2, -0.15) is 5.10 Å². The molecule has 2 rings (SSSR count). The summed E-state index contributed by atoms with van der Waals surface area (Å²) in [4.78, 5) is 0. The molecule has 1 aromatic carbocycles. The summed E-state index contributed by atoms with van der Waals surface area (Å²) in [6.45, 7) is 4.64. The van der Waals surface area contributed by atoms with Crippen LogP contribution in [0.5, 0.6) is 0 Å². The Morgan fingerprint density at radius 3 is 2.83 bits per heavy atom. The van der Waals surface area contributed by atoms with Crippen molar-refractivity contribution in [3.8, 4) is 0 Å². The van der Waals surface area contributed by atoms with E-state index in [1.165, 1.54) is 0 Å². The predicted octanol–water partition coefficient (Wildman–Crippen LogP) is 3.35. The SMILES string of the molecule is CCn1cc(C(C)Nc2cc(F)ccc2F)cn1. The molecule has 1 aromatic heterocycles. The molecule has 96 valence electrons. The molecule has 0 aliphatic rings. The van der Waals surface area contributed by atoms with E-state index in [0.717, 1.165) is 30.3 Å². The lowest BCUT2D eigenvalue weighted by Gasteiger charge is -2.14. The fourth-order valence-corrected chi connectivity index (χ4v) is 1.70. The molecule has 0 bridgehead atoms. The van der Waals surface area contributed by atoms with Gasteiger partial charge in [0.05, 0.1) is 17.9 Å². The van der Waals surface area contributed by atoms with E-state index in [2.05, 4.69) is 10.4 Å². The lowest BCUT2D eigenvalue weighted by Crippen LogP contribution is -2.07. The highest BCUT2D eigenvalue weighted by molar-refractivity contribution is 5.46. The number of aromatic nitrogens is 2. The molecule has 3 nitrogen and oxygen atoms in total. The summed E-state index contributed by atoms with van der Waals surface area (Å²) in [6.07, 6.45) is 3.60. The summed E-state index contributed by atoms with van der Waals surface area (Å²) in [5.41, 5.74) is 1.09. The smallest absolute Gasteiger partial charge is 0.146 e. The average Bonchev–Trinajstić information content (AvgIpc) is 2.82. The van der Waals surface area contributed by atoms with E-state index in [0.29, 0.717) is 0 Å². The van der Waals surface area contributed by atoms with Crippen molar-refractivity contribution in [3.63, 3.8) is 0 Å².